The number of carbonyl (C=O) groups is 1. The summed E-state index contributed by atoms with van der Waals surface area (Å²) in [6.07, 6.45) is 8.63. The van der Waals surface area contributed by atoms with Gasteiger partial charge < -0.3 is 10.5 Å². The van der Waals surface area contributed by atoms with Gasteiger partial charge in [0.25, 0.3) is 11.1 Å². The number of nitrogens with two attached hydrogens (primary N) is 1. The number of benzene rings is 4. The average molecular weight is 867 g/mol. The first kappa shape index (κ1) is 43.9. The van der Waals surface area contributed by atoms with Crippen LogP contribution in [0.5, 0.6) is 0 Å². The summed E-state index contributed by atoms with van der Waals surface area (Å²) >= 11 is 0. The van der Waals surface area contributed by atoms with Gasteiger partial charge in [-0.05, 0) is 92.6 Å². The molecule has 8 aromatic rings. The molecule has 0 radical (unpaired) electrons. The number of hydrogen-bond donors (Lipinski definition) is 2. The molecule has 0 unspecified atom stereocenters. The summed E-state index contributed by atoms with van der Waals surface area (Å²) in [6, 6.07) is 28.2. The number of amides is 1. The van der Waals surface area contributed by atoms with Crippen molar-refractivity contribution in [3.63, 3.8) is 0 Å². The monoisotopic (exact) mass is 866 g/mol. The van der Waals surface area contributed by atoms with E-state index in [0.29, 0.717) is 56.5 Å². The van der Waals surface area contributed by atoms with E-state index in [2.05, 4.69) is 34.9 Å². The minimum Gasteiger partial charge on any atom is -0.444 e. The van der Waals surface area contributed by atoms with Crippen molar-refractivity contribution in [2.75, 3.05) is 11.1 Å². The Labute approximate surface area is 370 Å². The Morgan fingerprint density at radius 1 is 0.631 bits per heavy atom. The van der Waals surface area contributed by atoms with Crippen LogP contribution in [-0.4, -0.2) is 40.8 Å². The van der Waals surface area contributed by atoms with Crippen molar-refractivity contribution in [3.05, 3.63) is 202 Å². The van der Waals surface area contributed by atoms with Crippen LogP contribution in [0, 0.1) is 24.8 Å². The molecule has 8 rings (SSSR count). The third-order valence-electron chi connectivity index (χ3n) is 9.43. The number of aromatic nitrogens is 6. The number of nitrogen functional groups attached to an aromatic ring is 1. The molecule has 16 heteroatoms. The van der Waals surface area contributed by atoms with Gasteiger partial charge in [-0.15, -0.1) is 0 Å². The number of halogens is 2. The molecule has 0 aliphatic rings. The molecule has 0 fully saturated rings. The Morgan fingerprint density at radius 2 is 1.08 bits per heavy atom. The molecular weight excluding hydrogens is 831 g/mol. The number of nitrogens with zero attached hydrogens (tertiary/aromatic N) is 8. The van der Waals surface area contributed by atoms with Gasteiger partial charge in [0, 0.05) is 59.4 Å². The van der Waals surface area contributed by atoms with Crippen LogP contribution in [0.15, 0.2) is 156 Å². The number of hydrogen-bond acceptors (Lipinski definition) is 9. The quantitative estimate of drug-likeness (QED) is 0.117. The summed E-state index contributed by atoms with van der Waals surface area (Å²) < 4.78 is 36.1. The lowest BCUT2D eigenvalue weighted by Gasteiger charge is -2.20. The summed E-state index contributed by atoms with van der Waals surface area (Å²) in [5.74, 6) is -0.485. The maximum absolute atomic E-state index is 14.6. The van der Waals surface area contributed by atoms with Gasteiger partial charge in [0.15, 0.2) is 23.0 Å². The fourth-order valence-electron chi connectivity index (χ4n) is 6.53. The molecule has 0 saturated carbocycles. The van der Waals surface area contributed by atoms with E-state index in [9.17, 15) is 23.2 Å². The number of pyridine rings is 2. The summed E-state index contributed by atoms with van der Waals surface area (Å²) in [7, 11) is 0. The van der Waals surface area contributed by atoms with Crippen molar-refractivity contribution in [2.24, 2.45) is 0 Å². The number of nitrogens with one attached hydrogen (secondary N) is 1. The van der Waals surface area contributed by atoms with E-state index in [1.165, 1.54) is 45.7 Å². The van der Waals surface area contributed by atoms with Crippen molar-refractivity contribution < 1.29 is 18.3 Å². The van der Waals surface area contributed by atoms with Crippen molar-refractivity contribution in [1.29, 1.82) is 0 Å². The molecule has 65 heavy (non-hydrogen) atoms. The molecule has 3 N–H and O–H groups in total. The molecule has 320 valence electrons. The zero-order valence-electron chi connectivity index (χ0n) is 34.9. The van der Waals surface area contributed by atoms with E-state index in [1.54, 1.807) is 125 Å². The van der Waals surface area contributed by atoms with E-state index in [1.807, 2.05) is 0 Å². The zero-order valence-corrected chi connectivity index (χ0v) is 34.9. The van der Waals surface area contributed by atoms with Crippen molar-refractivity contribution in [1.82, 2.24) is 29.1 Å². The van der Waals surface area contributed by atoms with Crippen molar-refractivity contribution >= 4 is 28.8 Å². The smallest absolute Gasteiger partial charge is 0.412 e. The minimum atomic E-state index is -0.830. The number of rotatable bonds is 7. The maximum atomic E-state index is 14.6. The molecule has 4 aromatic heterocycles. The third-order valence-corrected chi connectivity index (χ3v) is 9.43. The molecule has 14 nitrogen and oxygen atoms in total. The van der Waals surface area contributed by atoms with Crippen LogP contribution < -0.4 is 22.2 Å². The van der Waals surface area contributed by atoms with E-state index in [0.717, 1.165) is 6.07 Å². The lowest BCUT2D eigenvalue weighted by atomic mass is 10.0. The van der Waals surface area contributed by atoms with E-state index < -0.39 is 28.9 Å². The summed E-state index contributed by atoms with van der Waals surface area (Å²) in [4.78, 5) is 63.3. The van der Waals surface area contributed by atoms with Crippen LogP contribution in [0.1, 0.15) is 20.8 Å². The first-order valence-corrected chi connectivity index (χ1v) is 19.6. The van der Waals surface area contributed by atoms with Crippen LogP contribution in [0.2, 0.25) is 0 Å². The van der Waals surface area contributed by atoms with Gasteiger partial charge in [0.1, 0.15) is 17.2 Å². The largest absolute Gasteiger partial charge is 0.444 e. The summed E-state index contributed by atoms with van der Waals surface area (Å²) in [6.45, 7) is 20.0. The molecule has 4 heterocycles. The molecule has 0 bridgehead atoms. The van der Waals surface area contributed by atoms with Crippen LogP contribution in [0.4, 0.5) is 36.3 Å². The normalized spacial score (nSPS) is 10.8. The molecule has 0 aliphatic heterocycles. The topological polar surface area (TPSA) is 169 Å². The third kappa shape index (κ3) is 9.99. The second kappa shape index (κ2) is 18.9. The Bertz CT molecular complexity index is 3280. The highest BCUT2D eigenvalue weighted by molar-refractivity contribution is 5.86. The van der Waals surface area contributed by atoms with E-state index >= 15 is 0 Å². The summed E-state index contributed by atoms with van der Waals surface area (Å²) in [5.41, 5.74) is 7.80. The number of carbonyl (C=O) groups excluding carboxylic acids is 1. The molecule has 0 saturated heterocycles. The lowest BCUT2D eigenvalue weighted by Crippen LogP contribution is -2.27. The van der Waals surface area contributed by atoms with E-state index in [4.69, 9.17) is 23.6 Å². The van der Waals surface area contributed by atoms with Gasteiger partial charge in [-0.3, -0.25) is 24.0 Å². The van der Waals surface area contributed by atoms with Gasteiger partial charge in [-0.25, -0.2) is 43.2 Å². The Hall–Kier alpha value is -9.15. The number of ether oxygens (including phenoxy) is 1. The van der Waals surface area contributed by atoms with Gasteiger partial charge in [0.2, 0.25) is 0 Å². The fourth-order valence-corrected chi connectivity index (χ4v) is 6.53. The van der Waals surface area contributed by atoms with Crippen LogP contribution in [0.25, 0.3) is 66.1 Å². The Kier molecular flexibility index (Phi) is 12.7. The molecule has 1 amide bonds. The molecule has 0 aliphatic carbocycles. The fraction of sp³-hybridized carbons (Fsp3) is 0.0816. The number of anilines is 2. The van der Waals surface area contributed by atoms with Crippen molar-refractivity contribution in [2.45, 2.75) is 26.4 Å². The minimum absolute atomic E-state index is 0.0705. The van der Waals surface area contributed by atoms with Crippen LogP contribution in [-0.2, 0) is 4.74 Å². The van der Waals surface area contributed by atoms with Gasteiger partial charge in [-0.2, -0.15) is 0 Å². The lowest BCUT2D eigenvalue weighted by molar-refractivity contribution is 0.0635. The SMILES string of the molecule is [C-]#[N+]c1ccccc1-c1cc(-c2ncccn2)cn(-c2ccc(F)c(N)c2)c1=O.[C-]#[N+]c1ccccc1-c1cc(-c2ncccn2)cn(-c2ccc(F)c(NC(=O)OC(C)(C)C)c2)c1=O. The molecule has 0 atom stereocenters. The molecule has 4 aromatic carbocycles. The predicted molar refractivity (Wildman–Crippen MR) is 244 cm³/mol. The molecular formula is C49H36F2N10O4. The standard InChI is InChI=1S/C27H22FN5O3.C22H14FN5O/c1-27(2,3)36-26(35)32-23-15-18(10-11-21(23)28)33-16-17(24-30-12-7-13-31-24)14-20(25(33)34)19-8-5-6-9-22(19)29-4;1-25-20-6-3-2-5-16(20)17-11-14(21-26-9-4-10-27-21)13-28(22(17)29)15-7-8-18(23)19(24)12-15/h5-16H,1-3H3,(H,32,35);2-13H,24H2. The second-order valence-electron chi connectivity index (χ2n) is 15.0. The predicted octanol–water partition coefficient (Wildman–Crippen LogP) is 10.2. The highest BCUT2D eigenvalue weighted by Gasteiger charge is 2.20. The first-order valence-electron chi connectivity index (χ1n) is 19.6. The van der Waals surface area contributed by atoms with Gasteiger partial charge >= 0.3 is 6.09 Å². The van der Waals surface area contributed by atoms with Gasteiger partial charge in [-0.1, -0.05) is 48.5 Å². The highest BCUT2D eigenvalue weighted by Crippen LogP contribution is 2.33. The Morgan fingerprint density at radius 3 is 1.52 bits per heavy atom. The van der Waals surface area contributed by atoms with Crippen LogP contribution in [0.3, 0.4) is 0 Å². The maximum Gasteiger partial charge on any atom is 0.412 e. The van der Waals surface area contributed by atoms with Crippen LogP contribution >= 0.6 is 0 Å². The first-order chi connectivity index (χ1) is 31.2. The average Bonchev–Trinajstić information content (AvgIpc) is 3.31. The summed E-state index contributed by atoms with van der Waals surface area (Å²) in [5, 5.41) is 2.39. The molecule has 0 spiro atoms. The van der Waals surface area contributed by atoms with Gasteiger partial charge in [0.05, 0.1) is 35.9 Å². The van der Waals surface area contributed by atoms with Crippen molar-refractivity contribution in [3.8, 4) is 56.4 Å². The Balaban J connectivity index is 0.000000198. The van der Waals surface area contributed by atoms with E-state index in [-0.39, 0.29) is 28.2 Å². The highest BCUT2D eigenvalue weighted by atomic mass is 19.1. The zero-order chi connectivity index (χ0) is 46.3. The second-order valence-corrected chi connectivity index (χ2v) is 15.0. The number of para-hydroxylation sites is 2.